The van der Waals surface area contributed by atoms with E-state index in [0.717, 1.165) is 6.54 Å². The van der Waals surface area contributed by atoms with Crippen molar-refractivity contribution < 1.29 is 5.11 Å². The molecule has 1 aliphatic rings. The molecule has 1 fully saturated rings. The van der Waals surface area contributed by atoms with Crippen molar-refractivity contribution in [3.63, 3.8) is 0 Å². The van der Waals surface area contributed by atoms with Gasteiger partial charge in [0, 0.05) is 12.6 Å². The van der Waals surface area contributed by atoms with Crippen molar-refractivity contribution in [1.29, 1.82) is 0 Å². The SMILES string of the molecule is O=c1cccc(C2(O)CCNC2)[nH]1. The van der Waals surface area contributed by atoms with E-state index < -0.39 is 5.60 Å². The lowest BCUT2D eigenvalue weighted by Gasteiger charge is -2.20. The van der Waals surface area contributed by atoms with Crippen molar-refractivity contribution >= 4 is 0 Å². The largest absolute Gasteiger partial charge is 0.382 e. The minimum Gasteiger partial charge on any atom is -0.382 e. The summed E-state index contributed by atoms with van der Waals surface area (Å²) >= 11 is 0. The molecular formula is C9H12N2O2. The third-order valence-corrected chi connectivity index (χ3v) is 2.40. The average molecular weight is 180 g/mol. The maximum Gasteiger partial charge on any atom is 0.248 e. The highest BCUT2D eigenvalue weighted by atomic mass is 16.3. The minimum atomic E-state index is -0.888. The Labute approximate surface area is 75.6 Å². The summed E-state index contributed by atoms with van der Waals surface area (Å²) in [5.41, 5.74) is -0.455. The summed E-state index contributed by atoms with van der Waals surface area (Å²) in [6.45, 7) is 1.29. The normalized spacial score (nSPS) is 27.8. The van der Waals surface area contributed by atoms with Gasteiger partial charge < -0.3 is 15.4 Å². The first-order valence-electron chi connectivity index (χ1n) is 4.34. The summed E-state index contributed by atoms with van der Waals surface area (Å²) in [5.74, 6) is 0. The van der Waals surface area contributed by atoms with Crippen LogP contribution in [0, 0.1) is 0 Å². The first-order valence-corrected chi connectivity index (χ1v) is 4.34. The molecule has 0 amide bonds. The predicted octanol–water partition coefficient (Wildman–Crippen LogP) is -0.444. The molecule has 4 nitrogen and oxygen atoms in total. The van der Waals surface area contributed by atoms with Crippen molar-refractivity contribution in [2.75, 3.05) is 13.1 Å². The number of pyridine rings is 1. The standard InChI is InChI=1S/C9H12N2O2/c12-8-3-1-2-7(11-8)9(13)4-5-10-6-9/h1-3,10,13H,4-6H2,(H,11,12). The molecular weight excluding hydrogens is 168 g/mol. The number of aromatic amines is 1. The number of rotatable bonds is 1. The van der Waals surface area contributed by atoms with Gasteiger partial charge in [-0.2, -0.15) is 0 Å². The Balaban J connectivity index is 2.39. The monoisotopic (exact) mass is 180 g/mol. The highest BCUT2D eigenvalue weighted by molar-refractivity contribution is 5.15. The zero-order chi connectivity index (χ0) is 9.31. The molecule has 0 spiro atoms. The summed E-state index contributed by atoms with van der Waals surface area (Å²) in [5, 5.41) is 13.1. The van der Waals surface area contributed by atoms with E-state index in [4.69, 9.17) is 0 Å². The molecule has 13 heavy (non-hydrogen) atoms. The third kappa shape index (κ3) is 1.50. The maximum absolute atomic E-state index is 11.0. The molecule has 1 aromatic rings. The zero-order valence-corrected chi connectivity index (χ0v) is 7.21. The average Bonchev–Trinajstić information content (AvgIpc) is 2.54. The van der Waals surface area contributed by atoms with Gasteiger partial charge in [-0.3, -0.25) is 4.79 Å². The fourth-order valence-corrected chi connectivity index (χ4v) is 1.63. The highest BCUT2D eigenvalue weighted by Gasteiger charge is 2.33. The van der Waals surface area contributed by atoms with Crippen molar-refractivity contribution in [1.82, 2.24) is 10.3 Å². The number of H-pyrrole nitrogens is 1. The summed E-state index contributed by atoms with van der Waals surface area (Å²) in [6.07, 6.45) is 0.646. The fourth-order valence-electron chi connectivity index (χ4n) is 1.63. The lowest BCUT2D eigenvalue weighted by molar-refractivity contribution is 0.0539. The van der Waals surface area contributed by atoms with Crippen molar-refractivity contribution in [3.8, 4) is 0 Å². The van der Waals surface area contributed by atoms with Gasteiger partial charge in [0.2, 0.25) is 5.56 Å². The van der Waals surface area contributed by atoms with Crippen molar-refractivity contribution in [2.24, 2.45) is 0 Å². The fraction of sp³-hybridized carbons (Fsp3) is 0.444. The Morgan fingerprint density at radius 2 is 2.31 bits per heavy atom. The second kappa shape index (κ2) is 2.97. The van der Waals surface area contributed by atoms with Gasteiger partial charge in [-0.1, -0.05) is 6.07 Å². The Morgan fingerprint density at radius 3 is 2.92 bits per heavy atom. The molecule has 1 saturated heterocycles. The lowest BCUT2D eigenvalue weighted by atomic mass is 9.98. The van der Waals surface area contributed by atoms with Gasteiger partial charge in [-0.05, 0) is 19.0 Å². The molecule has 0 aliphatic carbocycles. The topological polar surface area (TPSA) is 65.1 Å². The van der Waals surface area contributed by atoms with Gasteiger partial charge in [-0.15, -0.1) is 0 Å². The van der Waals surface area contributed by atoms with Gasteiger partial charge in [-0.25, -0.2) is 0 Å². The Morgan fingerprint density at radius 1 is 1.46 bits per heavy atom. The van der Waals surface area contributed by atoms with Crippen LogP contribution in [0.3, 0.4) is 0 Å². The molecule has 3 N–H and O–H groups in total. The van der Waals surface area contributed by atoms with Crippen LogP contribution in [0.5, 0.6) is 0 Å². The Bertz CT molecular complexity index is 353. The van der Waals surface area contributed by atoms with Gasteiger partial charge in [0.15, 0.2) is 0 Å². The lowest BCUT2D eigenvalue weighted by Crippen LogP contribution is -2.31. The molecule has 4 heteroatoms. The zero-order valence-electron chi connectivity index (χ0n) is 7.21. The van der Waals surface area contributed by atoms with Crippen LogP contribution in [-0.4, -0.2) is 23.2 Å². The van der Waals surface area contributed by atoms with Crippen LogP contribution in [-0.2, 0) is 5.60 Å². The number of aromatic nitrogens is 1. The predicted molar refractivity (Wildman–Crippen MR) is 48.4 cm³/mol. The maximum atomic E-state index is 11.0. The van der Waals surface area contributed by atoms with Crippen LogP contribution >= 0.6 is 0 Å². The molecule has 0 bridgehead atoms. The number of aliphatic hydroxyl groups is 1. The van der Waals surface area contributed by atoms with Crippen LogP contribution < -0.4 is 10.9 Å². The van der Waals surface area contributed by atoms with E-state index in [1.807, 2.05) is 0 Å². The quantitative estimate of drug-likeness (QED) is 0.548. The van der Waals surface area contributed by atoms with E-state index >= 15 is 0 Å². The van der Waals surface area contributed by atoms with E-state index in [2.05, 4.69) is 10.3 Å². The second-order valence-corrected chi connectivity index (χ2v) is 3.39. The van der Waals surface area contributed by atoms with E-state index in [9.17, 15) is 9.90 Å². The molecule has 70 valence electrons. The molecule has 0 radical (unpaired) electrons. The molecule has 0 saturated carbocycles. The van der Waals surface area contributed by atoms with E-state index in [1.165, 1.54) is 6.07 Å². The number of hydrogen-bond donors (Lipinski definition) is 3. The van der Waals surface area contributed by atoms with Crippen LogP contribution in [0.15, 0.2) is 23.0 Å². The van der Waals surface area contributed by atoms with Gasteiger partial charge in [0.1, 0.15) is 5.60 Å². The summed E-state index contributed by atoms with van der Waals surface area (Å²) in [4.78, 5) is 13.6. The van der Waals surface area contributed by atoms with Crippen molar-refractivity contribution in [2.45, 2.75) is 12.0 Å². The van der Waals surface area contributed by atoms with E-state index in [1.54, 1.807) is 12.1 Å². The van der Waals surface area contributed by atoms with Gasteiger partial charge in [0.05, 0.1) is 5.69 Å². The number of nitrogens with one attached hydrogen (secondary N) is 2. The number of β-amino-alcohol motifs (C(OH)–C–C–N with tert-alkyl or cyclic N) is 1. The molecule has 2 rings (SSSR count). The smallest absolute Gasteiger partial charge is 0.248 e. The first kappa shape index (κ1) is 8.47. The molecule has 1 aromatic heterocycles. The summed E-state index contributed by atoms with van der Waals surface area (Å²) in [7, 11) is 0. The Hall–Kier alpha value is -1.13. The van der Waals surface area contributed by atoms with Crippen molar-refractivity contribution in [3.05, 3.63) is 34.2 Å². The third-order valence-electron chi connectivity index (χ3n) is 2.40. The first-order chi connectivity index (χ1) is 6.21. The van der Waals surface area contributed by atoms with E-state index in [-0.39, 0.29) is 5.56 Å². The second-order valence-electron chi connectivity index (χ2n) is 3.39. The van der Waals surface area contributed by atoms with Crippen LogP contribution in [0.2, 0.25) is 0 Å². The van der Waals surface area contributed by atoms with Crippen LogP contribution in [0.1, 0.15) is 12.1 Å². The molecule has 1 aliphatic heterocycles. The van der Waals surface area contributed by atoms with E-state index in [0.29, 0.717) is 18.7 Å². The molecule has 1 atom stereocenters. The van der Waals surface area contributed by atoms with Gasteiger partial charge in [0.25, 0.3) is 0 Å². The Kier molecular flexibility index (Phi) is 1.94. The molecule has 0 aromatic carbocycles. The van der Waals surface area contributed by atoms with Gasteiger partial charge >= 0.3 is 0 Å². The highest BCUT2D eigenvalue weighted by Crippen LogP contribution is 2.24. The molecule has 2 heterocycles. The minimum absolute atomic E-state index is 0.169. The summed E-state index contributed by atoms with van der Waals surface area (Å²) in [6, 6.07) is 4.84. The van der Waals surface area contributed by atoms with Crippen LogP contribution in [0.4, 0.5) is 0 Å². The summed E-state index contributed by atoms with van der Waals surface area (Å²) < 4.78 is 0. The van der Waals surface area contributed by atoms with Crippen LogP contribution in [0.25, 0.3) is 0 Å². The molecule has 1 unspecified atom stereocenters. The number of hydrogen-bond acceptors (Lipinski definition) is 3.